The Morgan fingerprint density at radius 1 is 1.07 bits per heavy atom. The molecule has 4 bridgehead atoms. The molecule has 2 spiro atoms. The van der Waals surface area contributed by atoms with Crippen molar-refractivity contribution in [2.24, 2.45) is 16.7 Å². The van der Waals surface area contributed by atoms with Crippen LogP contribution in [0.1, 0.15) is 58.3 Å². The van der Waals surface area contributed by atoms with E-state index in [4.69, 9.17) is 4.74 Å². The van der Waals surface area contributed by atoms with Gasteiger partial charge in [0.2, 0.25) is 0 Å². The zero-order valence-electron chi connectivity index (χ0n) is 9.85. The van der Waals surface area contributed by atoms with Crippen LogP contribution in [-0.2, 0) is 4.74 Å². The molecule has 0 aliphatic heterocycles. The van der Waals surface area contributed by atoms with Crippen LogP contribution in [0.3, 0.4) is 0 Å². The van der Waals surface area contributed by atoms with Crippen LogP contribution in [0.2, 0.25) is 0 Å². The van der Waals surface area contributed by atoms with Crippen LogP contribution in [0, 0.1) is 16.7 Å². The SMILES string of the molecule is CCCCOC12CC3C[C@]4(C1)C[C@@]4(C3)C2. The summed E-state index contributed by atoms with van der Waals surface area (Å²) in [6, 6.07) is 0. The summed E-state index contributed by atoms with van der Waals surface area (Å²) in [5.41, 5.74) is 1.98. The van der Waals surface area contributed by atoms with E-state index in [1.54, 1.807) is 19.3 Å². The topological polar surface area (TPSA) is 9.23 Å². The molecule has 0 aromatic heterocycles. The predicted octanol–water partition coefficient (Wildman–Crippen LogP) is 3.53. The largest absolute Gasteiger partial charge is 0.375 e. The lowest BCUT2D eigenvalue weighted by Gasteiger charge is -2.43. The van der Waals surface area contributed by atoms with Crippen molar-refractivity contribution in [3.8, 4) is 0 Å². The van der Waals surface area contributed by atoms with Crippen molar-refractivity contribution in [3.05, 3.63) is 0 Å². The van der Waals surface area contributed by atoms with Gasteiger partial charge in [0.25, 0.3) is 0 Å². The highest BCUT2D eigenvalue weighted by Gasteiger charge is 2.82. The fourth-order valence-electron chi connectivity index (χ4n) is 5.71. The average molecular weight is 206 g/mol. The average Bonchev–Trinajstić information content (AvgIpc) is 2.53. The predicted molar refractivity (Wildman–Crippen MR) is 59.6 cm³/mol. The van der Waals surface area contributed by atoms with Gasteiger partial charge in [-0.05, 0) is 61.7 Å². The van der Waals surface area contributed by atoms with Crippen molar-refractivity contribution < 1.29 is 4.74 Å². The minimum atomic E-state index is 0.370. The maximum atomic E-state index is 6.29. The Labute approximate surface area is 92.6 Å². The molecule has 5 rings (SSSR count). The van der Waals surface area contributed by atoms with Crippen molar-refractivity contribution >= 4 is 0 Å². The molecule has 0 heterocycles. The van der Waals surface area contributed by atoms with Gasteiger partial charge >= 0.3 is 0 Å². The highest BCUT2D eigenvalue weighted by Crippen LogP contribution is 2.88. The molecule has 4 atom stereocenters. The Hall–Kier alpha value is -0.0400. The van der Waals surface area contributed by atoms with Gasteiger partial charge in [-0.25, -0.2) is 0 Å². The van der Waals surface area contributed by atoms with Gasteiger partial charge in [-0.15, -0.1) is 0 Å². The standard InChI is InChI=1S/C14H22O/c1-2-3-4-15-14-7-11-5-12(9-14)8-13(12,6-11)10-14/h11H,2-10H2,1H3/t11?,12-,13+,14?. The van der Waals surface area contributed by atoms with E-state index in [0.29, 0.717) is 5.60 Å². The monoisotopic (exact) mass is 206 g/mol. The van der Waals surface area contributed by atoms with Crippen LogP contribution < -0.4 is 0 Å². The van der Waals surface area contributed by atoms with E-state index >= 15 is 0 Å². The number of unbranched alkanes of at least 4 members (excludes halogenated alkanes) is 1. The Morgan fingerprint density at radius 3 is 2.40 bits per heavy atom. The minimum absolute atomic E-state index is 0.370. The normalized spacial score (nSPS) is 58.6. The third-order valence-electron chi connectivity index (χ3n) is 5.92. The van der Waals surface area contributed by atoms with Gasteiger partial charge in [-0.1, -0.05) is 13.3 Å². The van der Waals surface area contributed by atoms with Gasteiger partial charge in [-0.2, -0.15) is 0 Å². The molecule has 0 saturated heterocycles. The van der Waals surface area contributed by atoms with E-state index < -0.39 is 0 Å². The van der Waals surface area contributed by atoms with Crippen LogP contribution in [0.5, 0.6) is 0 Å². The summed E-state index contributed by atoms with van der Waals surface area (Å²) in [6.45, 7) is 3.28. The maximum Gasteiger partial charge on any atom is 0.0696 e. The molecule has 15 heavy (non-hydrogen) atoms. The van der Waals surface area contributed by atoms with E-state index in [0.717, 1.165) is 23.4 Å². The second kappa shape index (κ2) is 2.45. The first-order valence-corrected chi connectivity index (χ1v) is 6.86. The molecule has 5 saturated carbocycles. The summed E-state index contributed by atoms with van der Waals surface area (Å²) in [4.78, 5) is 0. The van der Waals surface area contributed by atoms with Crippen LogP contribution in [0.4, 0.5) is 0 Å². The molecule has 5 aliphatic rings. The lowest BCUT2D eigenvalue weighted by atomic mass is 9.71. The van der Waals surface area contributed by atoms with E-state index in [2.05, 4.69) is 6.92 Å². The zero-order valence-corrected chi connectivity index (χ0v) is 9.85. The summed E-state index contributed by atoms with van der Waals surface area (Å²) in [5.74, 6) is 1.04. The van der Waals surface area contributed by atoms with Crippen LogP contribution >= 0.6 is 0 Å². The fraction of sp³-hybridized carbons (Fsp3) is 1.00. The smallest absolute Gasteiger partial charge is 0.0696 e. The van der Waals surface area contributed by atoms with Gasteiger partial charge in [0, 0.05) is 6.61 Å². The number of hydrogen-bond acceptors (Lipinski definition) is 1. The van der Waals surface area contributed by atoms with Crippen LogP contribution in [0.25, 0.3) is 0 Å². The summed E-state index contributed by atoms with van der Waals surface area (Å²) >= 11 is 0. The molecule has 5 aliphatic carbocycles. The summed E-state index contributed by atoms with van der Waals surface area (Å²) in [7, 11) is 0. The van der Waals surface area contributed by atoms with E-state index in [9.17, 15) is 0 Å². The van der Waals surface area contributed by atoms with Crippen molar-refractivity contribution in [2.75, 3.05) is 6.61 Å². The minimum Gasteiger partial charge on any atom is -0.375 e. The molecule has 0 amide bonds. The first-order chi connectivity index (χ1) is 7.22. The number of rotatable bonds is 4. The number of hydrogen-bond donors (Lipinski definition) is 0. The van der Waals surface area contributed by atoms with E-state index in [-0.39, 0.29) is 0 Å². The lowest BCUT2D eigenvalue weighted by Crippen LogP contribution is -2.41. The molecule has 2 unspecified atom stereocenters. The molecule has 0 aromatic carbocycles. The first kappa shape index (κ1) is 9.04. The van der Waals surface area contributed by atoms with Crippen molar-refractivity contribution in [3.63, 3.8) is 0 Å². The fourth-order valence-corrected chi connectivity index (χ4v) is 5.71. The summed E-state index contributed by atoms with van der Waals surface area (Å²) in [6.07, 6.45) is 11.5. The Balaban J connectivity index is 1.52. The molecule has 0 radical (unpaired) electrons. The molecule has 1 heteroatoms. The van der Waals surface area contributed by atoms with Gasteiger partial charge in [-0.3, -0.25) is 0 Å². The van der Waals surface area contributed by atoms with Crippen molar-refractivity contribution in [1.29, 1.82) is 0 Å². The molecule has 1 nitrogen and oxygen atoms in total. The second-order valence-corrected chi connectivity index (χ2v) is 6.95. The molecular weight excluding hydrogens is 184 g/mol. The Morgan fingerprint density at radius 2 is 1.80 bits per heavy atom. The van der Waals surface area contributed by atoms with Crippen LogP contribution in [0.15, 0.2) is 0 Å². The highest BCUT2D eigenvalue weighted by molar-refractivity contribution is 5.32. The summed E-state index contributed by atoms with van der Waals surface area (Å²) in [5, 5.41) is 0. The van der Waals surface area contributed by atoms with E-state index in [1.807, 2.05) is 0 Å². The van der Waals surface area contributed by atoms with Gasteiger partial charge < -0.3 is 4.74 Å². The van der Waals surface area contributed by atoms with Crippen molar-refractivity contribution in [2.45, 2.75) is 63.9 Å². The summed E-state index contributed by atoms with van der Waals surface area (Å²) < 4.78 is 6.29. The van der Waals surface area contributed by atoms with E-state index in [1.165, 1.54) is 32.1 Å². The molecular formula is C14H22O. The molecule has 0 N–H and O–H groups in total. The second-order valence-electron chi connectivity index (χ2n) is 6.95. The van der Waals surface area contributed by atoms with Gasteiger partial charge in [0.05, 0.1) is 5.60 Å². The Kier molecular flexibility index (Phi) is 1.47. The first-order valence-electron chi connectivity index (χ1n) is 6.86. The van der Waals surface area contributed by atoms with Crippen LogP contribution in [-0.4, -0.2) is 12.2 Å². The lowest BCUT2D eigenvalue weighted by molar-refractivity contribution is -0.0994. The molecule has 0 aromatic rings. The maximum absolute atomic E-state index is 6.29. The zero-order chi connectivity index (χ0) is 10.1. The van der Waals surface area contributed by atoms with Crippen molar-refractivity contribution in [1.82, 2.24) is 0 Å². The highest BCUT2D eigenvalue weighted by atomic mass is 16.5. The molecule has 5 fully saturated rings. The van der Waals surface area contributed by atoms with Gasteiger partial charge in [0.1, 0.15) is 0 Å². The van der Waals surface area contributed by atoms with Gasteiger partial charge in [0.15, 0.2) is 0 Å². The Bertz CT molecular complexity index is 290. The third-order valence-corrected chi connectivity index (χ3v) is 5.92. The number of ether oxygens (including phenoxy) is 1. The molecule has 84 valence electrons. The third kappa shape index (κ3) is 0.945. The quantitative estimate of drug-likeness (QED) is 0.639.